The molecule has 0 aliphatic rings. The molecule has 1 aromatic heterocycles. The van der Waals surface area contributed by atoms with E-state index in [9.17, 15) is 4.79 Å². The minimum absolute atomic E-state index is 0.288. The Hall–Kier alpha value is -2.04. The van der Waals surface area contributed by atoms with Gasteiger partial charge in [0.25, 0.3) is 0 Å². The molecular formula is C12H16N4O. The minimum Gasteiger partial charge on any atom is -0.370 e. The van der Waals surface area contributed by atoms with Crippen LogP contribution in [0.4, 0.5) is 5.95 Å². The first-order chi connectivity index (χ1) is 8.08. The number of amides is 1. The standard InChI is InChI=1S/C12H16N4O/c1-8-4-5-10-9(7-8)15-12(14)16(10)6-2-3-11(13)17/h4-5,7H,2-3,6H2,1H3,(H2,13,17)(H2,14,15). The summed E-state index contributed by atoms with van der Waals surface area (Å²) in [5.74, 6) is 0.193. The van der Waals surface area contributed by atoms with Gasteiger partial charge in [-0.1, -0.05) is 6.07 Å². The number of benzene rings is 1. The first kappa shape index (κ1) is 11.4. The van der Waals surface area contributed by atoms with Gasteiger partial charge in [0.15, 0.2) is 0 Å². The maximum absolute atomic E-state index is 10.7. The van der Waals surface area contributed by atoms with Gasteiger partial charge in [-0.25, -0.2) is 4.98 Å². The molecule has 0 unspecified atom stereocenters. The molecule has 1 aromatic carbocycles. The zero-order valence-electron chi connectivity index (χ0n) is 9.81. The number of primary amides is 1. The van der Waals surface area contributed by atoms with E-state index in [1.807, 2.05) is 29.7 Å². The van der Waals surface area contributed by atoms with E-state index in [1.54, 1.807) is 0 Å². The van der Waals surface area contributed by atoms with Gasteiger partial charge >= 0.3 is 0 Å². The highest BCUT2D eigenvalue weighted by molar-refractivity contribution is 5.79. The number of carbonyl (C=O) groups is 1. The molecule has 4 N–H and O–H groups in total. The number of hydrogen-bond donors (Lipinski definition) is 2. The Morgan fingerprint density at radius 2 is 2.24 bits per heavy atom. The zero-order valence-corrected chi connectivity index (χ0v) is 9.81. The van der Waals surface area contributed by atoms with Gasteiger partial charge in [-0.2, -0.15) is 0 Å². The predicted octanol–water partition coefficient (Wildman–Crippen LogP) is 1.19. The molecule has 5 heteroatoms. The number of aromatic nitrogens is 2. The fraction of sp³-hybridized carbons (Fsp3) is 0.333. The maximum atomic E-state index is 10.7. The summed E-state index contributed by atoms with van der Waals surface area (Å²) in [4.78, 5) is 15.0. The van der Waals surface area contributed by atoms with Crippen molar-refractivity contribution in [2.75, 3.05) is 5.73 Å². The van der Waals surface area contributed by atoms with Crippen molar-refractivity contribution < 1.29 is 4.79 Å². The number of nitrogens with two attached hydrogens (primary N) is 2. The molecule has 17 heavy (non-hydrogen) atoms. The number of rotatable bonds is 4. The smallest absolute Gasteiger partial charge is 0.217 e. The van der Waals surface area contributed by atoms with Crippen LogP contribution in [-0.2, 0) is 11.3 Å². The minimum atomic E-state index is -0.288. The SMILES string of the molecule is Cc1ccc2c(c1)nc(N)n2CCCC(N)=O. The molecule has 0 saturated carbocycles. The molecule has 0 fully saturated rings. The van der Waals surface area contributed by atoms with Crippen LogP contribution in [0.1, 0.15) is 18.4 Å². The summed E-state index contributed by atoms with van der Waals surface area (Å²) in [6.45, 7) is 2.68. The number of anilines is 1. The van der Waals surface area contributed by atoms with Gasteiger partial charge in [0, 0.05) is 13.0 Å². The monoisotopic (exact) mass is 232 g/mol. The Labute approximate surface area is 99.4 Å². The summed E-state index contributed by atoms with van der Waals surface area (Å²) < 4.78 is 1.91. The van der Waals surface area contributed by atoms with E-state index < -0.39 is 0 Å². The lowest BCUT2D eigenvalue weighted by Crippen LogP contribution is -2.12. The second kappa shape index (κ2) is 4.45. The molecule has 1 heterocycles. The molecule has 1 amide bonds. The Bertz CT molecular complexity index is 559. The fourth-order valence-electron chi connectivity index (χ4n) is 1.90. The van der Waals surface area contributed by atoms with Gasteiger partial charge in [0.1, 0.15) is 0 Å². The van der Waals surface area contributed by atoms with Crippen LogP contribution < -0.4 is 11.5 Å². The van der Waals surface area contributed by atoms with Crippen molar-refractivity contribution in [2.45, 2.75) is 26.3 Å². The number of imidazole rings is 1. The third-order valence-electron chi connectivity index (χ3n) is 2.74. The molecule has 2 aromatic rings. The van der Waals surface area contributed by atoms with E-state index in [0.29, 0.717) is 25.3 Å². The van der Waals surface area contributed by atoms with Gasteiger partial charge in [-0.05, 0) is 31.0 Å². The predicted molar refractivity (Wildman–Crippen MR) is 67.3 cm³/mol. The van der Waals surface area contributed by atoms with E-state index >= 15 is 0 Å². The summed E-state index contributed by atoms with van der Waals surface area (Å²) in [5, 5.41) is 0. The first-order valence-electron chi connectivity index (χ1n) is 5.58. The highest BCUT2D eigenvalue weighted by Crippen LogP contribution is 2.19. The van der Waals surface area contributed by atoms with Crippen molar-refractivity contribution in [3.05, 3.63) is 23.8 Å². The van der Waals surface area contributed by atoms with Crippen LogP contribution in [0, 0.1) is 6.92 Å². The lowest BCUT2D eigenvalue weighted by Gasteiger charge is -2.05. The summed E-state index contributed by atoms with van der Waals surface area (Å²) in [6.07, 6.45) is 1.05. The molecule has 0 aliphatic heterocycles. The molecule has 0 atom stereocenters. The van der Waals surface area contributed by atoms with Gasteiger partial charge in [0.2, 0.25) is 11.9 Å². The van der Waals surface area contributed by atoms with E-state index in [-0.39, 0.29) is 5.91 Å². The number of nitrogen functional groups attached to an aromatic ring is 1. The van der Waals surface area contributed by atoms with Crippen molar-refractivity contribution >= 4 is 22.9 Å². The fourth-order valence-corrected chi connectivity index (χ4v) is 1.90. The molecule has 2 rings (SSSR count). The summed E-state index contributed by atoms with van der Waals surface area (Å²) in [7, 11) is 0. The topological polar surface area (TPSA) is 86.9 Å². The van der Waals surface area contributed by atoms with Crippen LogP contribution >= 0.6 is 0 Å². The molecule has 0 saturated heterocycles. The second-order valence-electron chi connectivity index (χ2n) is 4.18. The van der Waals surface area contributed by atoms with Gasteiger partial charge in [-0.3, -0.25) is 4.79 Å². The summed E-state index contributed by atoms with van der Waals surface area (Å²) in [5.41, 5.74) is 14.0. The highest BCUT2D eigenvalue weighted by atomic mass is 16.1. The molecular weight excluding hydrogens is 216 g/mol. The largest absolute Gasteiger partial charge is 0.370 e. The van der Waals surface area contributed by atoms with E-state index in [2.05, 4.69) is 4.98 Å². The van der Waals surface area contributed by atoms with Gasteiger partial charge < -0.3 is 16.0 Å². The normalized spacial score (nSPS) is 10.9. The molecule has 0 aliphatic carbocycles. The highest BCUT2D eigenvalue weighted by Gasteiger charge is 2.08. The van der Waals surface area contributed by atoms with Crippen molar-refractivity contribution in [1.29, 1.82) is 0 Å². The van der Waals surface area contributed by atoms with Crippen LogP contribution in [0.25, 0.3) is 11.0 Å². The molecule has 0 radical (unpaired) electrons. The van der Waals surface area contributed by atoms with Crippen molar-refractivity contribution in [2.24, 2.45) is 5.73 Å². The molecule has 0 spiro atoms. The van der Waals surface area contributed by atoms with Crippen molar-refractivity contribution in [1.82, 2.24) is 9.55 Å². The van der Waals surface area contributed by atoms with Crippen LogP contribution in [0.2, 0.25) is 0 Å². The van der Waals surface area contributed by atoms with Crippen LogP contribution in [0.3, 0.4) is 0 Å². The Balaban J connectivity index is 2.27. The number of hydrogen-bond acceptors (Lipinski definition) is 3. The molecule has 5 nitrogen and oxygen atoms in total. The van der Waals surface area contributed by atoms with Crippen LogP contribution in [0.15, 0.2) is 18.2 Å². The van der Waals surface area contributed by atoms with Gasteiger partial charge in [-0.15, -0.1) is 0 Å². The average molecular weight is 232 g/mol. The average Bonchev–Trinajstić information content (AvgIpc) is 2.54. The van der Waals surface area contributed by atoms with Crippen molar-refractivity contribution in [3.63, 3.8) is 0 Å². The van der Waals surface area contributed by atoms with E-state index in [0.717, 1.165) is 16.6 Å². The van der Waals surface area contributed by atoms with Crippen molar-refractivity contribution in [3.8, 4) is 0 Å². The van der Waals surface area contributed by atoms with E-state index in [1.165, 1.54) is 0 Å². The third-order valence-corrected chi connectivity index (χ3v) is 2.74. The zero-order chi connectivity index (χ0) is 12.4. The second-order valence-corrected chi connectivity index (χ2v) is 4.18. The number of fused-ring (bicyclic) bond motifs is 1. The summed E-state index contributed by atoms with van der Waals surface area (Å²) in [6, 6.07) is 6.02. The number of nitrogens with zero attached hydrogens (tertiary/aromatic N) is 2. The summed E-state index contributed by atoms with van der Waals surface area (Å²) >= 11 is 0. The van der Waals surface area contributed by atoms with Gasteiger partial charge in [0.05, 0.1) is 11.0 Å². The lowest BCUT2D eigenvalue weighted by atomic mass is 10.2. The Kier molecular flexibility index (Phi) is 2.99. The van der Waals surface area contributed by atoms with Crippen LogP contribution in [-0.4, -0.2) is 15.5 Å². The Morgan fingerprint density at radius 3 is 2.94 bits per heavy atom. The molecule has 0 bridgehead atoms. The van der Waals surface area contributed by atoms with Crippen LogP contribution in [0.5, 0.6) is 0 Å². The quantitative estimate of drug-likeness (QED) is 0.830. The number of aryl methyl sites for hydroxylation is 2. The third kappa shape index (κ3) is 2.38. The number of carbonyl (C=O) groups excluding carboxylic acids is 1. The molecule has 90 valence electrons. The Morgan fingerprint density at radius 1 is 1.47 bits per heavy atom. The maximum Gasteiger partial charge on any atom is 0.217 e. The van der Waals surface area contributed by atoms with E-state index in [4.69, 9.17) is 11.5 Å². The lowest BCUT2D eigenvalue weighted by molar-refractivity contribution is -0.118. The first-order valence-corrected chi connectivity index (χ1v) is 5.58.